The molecular formula is C18H17N3O. The maximum absolute atomic E-state index is 6.19. The molecule has 22 heavy (non-hydrogen) atoms. The van der Waals surface area contributed by atoms with E-state index in [1.54, 1.807) is 0 Å². The Kier molecular flexibility index (Phi) is 2.73. The topological polar surface area (TPSA) is 74.2 Å². The molecule has 0 bridgehead atoms. The van der Waals surface area contributed by atoms with Crippen LogP contribution < -0.4 is 16.2 Å². The van der Waals surface area contributed by atoms with Crippen molar-refractivity contribution in [2.24, 2.45) is 0 Å². The Morgan fingerprint density at radius 2 is 1.91 bits per heavy atom. The van der Waals surface area contributed by atoms with Crippen LogP contribution in [0, 0.1) is 0 Å². The lowest BCUT2D eigenvalue weighted by atomic mass is 9.99. The highest BCUT2D eigenvalue weighted by Crippen LogP contribution is 2.41. The number of aromatic nitrogens is 1. The van der Waals surface area contributed by atoms with Gasteiger partial charge in [-0.15, -0.1) is 0 Å². The molecule has 2 aromatic carbocycles. The van der Waals surface area contributed by atoms with E-state index in [0.29, 0.717) is 11.5 Å². The molecule has 4 heteroatoms. The number of nitrogen functional groups attached to an aromatic ring is 2. The predicted octanol–water partition coefficient (Wildman–Crippen LogP) is 3.39. The van der Waals surface area contributed by atoms with Crippen LogP contribution in [0.1, 0.15) is 12.5 Å². The summed E-state index contributed by atoms with van der Waals surface area (Å²) in [5, 5.41) is 0.912. The molecule has 0 aliphatic carbocycles. The number of fused-ring (bicyclic) bond motifs is 2. The zero-order valence-electron chi connectivity index (χ0n) is 12.3. The minimum atomic E-state index is 0.191. The van der Waals surface area contributed by atoms with Crippen LogP contribution in [0.25, 0.3) is 22.0 Å². The molecule has 0 saturated heterocycles. The fraction of sp³-hybridized carbons (Fsp3) is 0.167. The Hall–Kier alpha value is -2.75. The van der Waals surface area contributed by atoms with Crippen LogP contribution in [0.4, 0.5) is 11.5 Å². The molecule has 4 rings (SSSR count). The molecule has 4 N–H and O–H groups in total. The van der Waals surface area contributed by atoms with E-state index in [2.05, 4.69) is 18.0 Å². The van der Waals surface area contributed by atoms with Gasteiger partial charge in [0.2, 0.25) is 0 Å². The third-order valence-electron chi connectivity index (χ3n) is 4.14. The summed E-state index contributed by atoms with van der Waals surface area (Å²) < 4.78 is 5.98. The summed E-state index contributed by atoms with van der Waals surface area (Å²) in [4.78, 5) is 4.50. The number of hydrogen-bond acceptors (Lipinski definition) is 4. The first-order valence-corrected chi connectivity index (χ1v) is 7.37. The number of rotatable bonds is 1. The van der Waals surface area contributed by atoms with Crippen LogP contribution in [-0.4, -0.2) is 11.1 Å². The second-order valence-electron chi connectivity index (χ2n) is 5.76. The van der Waals surface area contributed by atoms with Crippen molar-refractivity contribution in [3.63, 3.8) is 0 Å². The van der Waals surface area contributed by atoms with Crippen molar-refractivity contribution < 1.29 is 4.74 Å². The van der Waals surface area contributed by atoms with E-state index in [1.165, 1.54) is 5.56 Å². The van der Waals surface area contributed by atoms with Gasteiger partial charge in [0.15, 0.2) is 0 Å². The monoisotopic (exact) mass is 291 g/mol. The largest absolute Gasteiger partial charge is 0.489 e. The normalized spacial score (nSPS) is 16.5. The number of nitrogens with two attached hydrogens (primary N) is 2. The van der Waals surface area contributed by atoms with Crippen molar-refractivity contribution in [1.82, 2.24) is 4.98 Å². The molecule has 1 unspecified atom stereocenters. The van der Waals surface area contributed by atoms with Gasteiger partial charge in [-0.3, -0.25) is 0 Å². The lowest BCUT2D eigenvalue weighted by Gasteiger charge is -2.13. The van der Waals surface area contributed by atoms with E-state index >= 15 is 0 Å². The maximum Gasteiger partial charge on any atom is 0.132 e. The van der Waals surface area contributed by atoms with Crippen LogP contribution in [0.5, 0.6) is 5.75 Å². The summed E-state index contributed by atoms with van der Waals surface area (Å²) in [5.74, 6) is 1.41. The van der Waals surface area contributed by atoms with Crippen LogP contribution in [0.2, 0.25) is 0 Å². The highest BCUT2D eigenvalue weighted by Gasteiger charge is 2.23. The van der Waals surface area contributed by atoms with Gasteiger partial charge < -0.3 is 16.2 Å². The lowest BCUT2D eigenvalue weighted by Crippen LogP contribution is -2.05. The lowest BCUT2D eigenvalue weighted by molar-refractivity contribution is 0.255. The van der Waals surface area contributed by atoms with Gasteiger partial charge in [-0.25, -0.2) is 4.98 Å². The summed E-state index contributed by atoms with van der Waals surface area (Å²) in [6.45, 7) is 2.07. The van der Waals surface area contributed by atoms with E-state index in [9.17, 15) is 0 Å². The molecule has 0 fully saturated rings. The van der Waals surface area contributed by atoms with Crippen molar-refractivity contribution in [2.45, 2.75) is 19.4 Å². The van der Waals surface area contributed by atoms with Gasteiger partial charge in [0.1, 0.15) is 17.7 Å². The Balaban J connectivity index is 1.98. The predicted molar refractivity (Wildman–Crippen MR) is 89.8 cm³/mol. The first-order chi connectivity index (χ1) is 10.6. The zero-order chi connectivity index (χ0) is 15.3. The molecule has 110 valence electrons. The van der Waals surface area contributed by atoms with Crippen molar-refractivity contribution in [3.05, 3.63) is 48.0 Å². The van der Waals surface area contributed by atoms with Crippen LogP contribution in [-0.2, 0) is 6.42 Å². The first-order valence-electron chi connectivity index (χ1n) is 7.37. The van der Waals surface area contributed by atoms with Gasteiger partial charge in [0.05, 0.1) is 5.52 Å². The second kappa shape index (κ2) is 4.63. The first kappa shape index (κ1) is 13.0. The average Bonchev–Trinajstić information content (AvgIpc) is 2.87. The van der Waals surface area contributed by atoms with Gasteiger partial charge in [0.25, 0.3) is 0 Å². The van der Waals surface area contributed by atoms with Gasteiger partial charge in [0, 0.05) is 28.6 Å². The SMILES string of the molecule is CC1Cc2cccc(-c3cc4c(N)cccc4nc3N)c2O1. The molecule has 0 saturated carbocycles. The summed E-state index contributed by atoms with van der Waals surface area (Å²) in [6.07, 6.45) is 1.11. The molecule has 2 heterocycles. The minimum Gasteiger partial charge on any atom is -0.489 e. The fourth-order valence-corrected chi connectivity index (χ4v) is 3.10. The van der Waals surface area contributed by atoms with Crippen molar-refractivity contribution in [1.29, 1.82) is 0 Å². The number of ether oxygens (including phenoxy) is 1. The number of anilines is 2. The number of hydrogen-bond donors (Lipinski definition) is 2. The molecule has 1 atom stereocenters. The molecule has 4 nitrogen and oxygen atoms in total. The smallest absolute Gasteiger partial charge is 0.132 e. The maximum atomic E-state index is 6.19. The Labute approximate surface area is 128 Å². The highest BCUT2D eigenvalue weighted by atomic mass is 16.5. The fourth-order valence-electron chi connectivity index (χ4n) is 3.10. The van der Waals surface area contributed by atoms with Crippen molar-refractivity contribution >= 4 is 22.4 Å². The van der Waals surface area contributed by atoms with Crippen LogP contribution in [0.3, 0.4) is 0 Å². The van der Waals surface area contributed by atoms with Crippen molar-refractivity contribution in [3.8, 4) is 16.9 Å². The summed E-state index contributed by atoms with van der Waals surface area (Å²) in [5.41, 5.74) is 16.8. The quantitative estimate of drug-likeness (QED) is 0.674. The number of benzene rings is 2. The van der Waals surface area contributed by atoms with E-state index in [1.807, 2.05) is 36.4 Å². The standard InChI is InChI=1S/C18H17N3O/c1-10-8-11-4-2-5-12(17(11)22-10)13-9-14-15(19)6-3-7-16(14)21-18(13)20/h2-7,9-10H,8,19H2,1H3,(H2,20,21). The highest BCUT2D eigenvalue weighted by molar-refractivity contribution is 5.96. The summed E-state index contributed by atoms with van der Waals surface area (Å²) in [7, 11) is 0. The van der Waals surface area contributed by atoms with Crippen LogP contribution in [0.15, 0.2) is 42.5 Å². The summed E-state index contributed by atoms with van der Waals surface area (Å²) in [6, 6.07) is 13.8. The number of pyridine rings is 1. The third kappa shape index (κ3) is 1.88. The van der Waals surface area contributed by atoms with Crippen molar-refractivity contribution in [2.75, 3.05) is 11.5 Å². The molecular weight excluding hydrogens is 274 g/mol. The number of nitrogens with zero attached hydrogens (tertiary/aromatic N) is 1. The molecule has 1 aromatic heterocycles. The third-order valence-corrected chi connectivity index (χ3v) is 4.14. The minimum absolute atomic E-state index is 0.191. The number of para-hydroxylation sites is 1. The van der Waals surface area contributed by atoms with Gasteiger partial charge in [-0.1, -0.05) is 24.3 Å². The van der Waals surface area contributed by atoms with Gasteiger partial charge >= 0.3 is 0 Å². The molecule has 0 radical (unpaired) electrons. The molecule has 3 aromatic rings. The molecule has 0 amide bonds. The van der Waals surface area contributed by atoms with Gasteiger partial charge in [-0.2, -0.15) is 0 Å². The zero-order valence-corrected chi connectivity index (χ0v) is 12.3. The average molecular weight is 291 g/mol. The molecule has 1 aliphatic rings. The van der Waals surface area contributed by atoms with E-state index in [-0.39, 0.29) is 6.10 Å². The summed E-state index contributed by atoms with van der Waals surface area (Å²) >= 11 is 0. The Bertz CT molecular complexity index is 889. The van der Waals surface area contributed by atoms with Gasteiger partial charge in [-0.05, 0) is 30.7 Å². The second-order valence-corrected chi connectivity index (χ2v) is 5.76. The Morgan fingerprint density at radius 1 is 1.09 bits per heavy atom. The molecule has 1 aliphatic heterocycles. The Morgan fingerprint density at radius 3 is 2.77 bits per heavy atom. The van der Waals surface area contributed by atoms with E-state index in [4.69, 9.17) is 16.2 Å². The van der Waals surface area contributed by atoms with Crippen LogP contribution >= 0.6 is 0 Å². The van der Waals surface area contributed by atoms with E-state index < -0.39 is 0 Å². The molecule has 0 spiro atoms. The van der Waals surface area contributed by atoms with E-state index in [0.717, 1.165) is 34.2 Å².